The number of hydrogen-bond acceptors (Lipinski definition) is 4. The highest BCUT2D eigenvalue weighted by Gasteiger charge is 2.42. The van der Waals surface area contributed by atoms with Crippen molar-refractivity contribution >= 4 is 5.97 Å². The minimum atomic E-state index is -0.718. The van der Waals surface area contributed by atoms with E-state index in [0.717, 1.165) is 93.5 Å². The highest BCUT2D eigenvalue weighted by atomic mass is 19.1. The van der Waals surface area contributed by atoms with Gasteiger partial charge in [0.25, 0.3) is 0 Å². The molecule has 6 nitrogen and oxygen atoms in total. The molecular weight excluding hydrogens is 469 g/mol. The molecule has 3 unspecified atom stereocenters. The van der Waals surface area contributed by atoms with E-state index in [-0.39, 0.29) is 11.7 Å². The molecule has 3 heterocycles. The molecular formula is C30H40FN3O3. The lowest BCUT2D eigenvalue weighted by Gasteiger charge is -2.35. The number of halogens is 1. The van der Waals surface area contributed by atoms with Crippen molar-refractivity contribution in [3.8, 4) is 0 Å². The minimum Gasteiger partial charge on any atom is -0.619 e. The minimum absolute atomic E-state index is 0.152. The summed E-state index contributed by atoms with van der Waals surface area (Å²) in [6.45, 7) is 4.48. The van der Waals surface area contributed by atoms with Crippen molar-refractivity contribution in [3.05, 3.63) is 70.9 Å². The molecule has 2 aromatic rings. The fourth-order valence-corrected chi connectivity index (χ4v) is 6.55. The number of carbonyl (C=O) groups is 1. The maximum absolute atomic E-state index is 14.1. The number of piperidine rings is 1. The van der Waals surface area contributed by atoms with E-state index in [9.17, 15) is 19.5 Å². The van der Waals surface area contributed by atoms with Crippen molar-refractivity contribution in [1.29, 1.82) is 0 Å². The quantitative estimate of drug-likeness (QED) is 0.358. The average molecular weight is 510 g/mol. The maximum Gasteiger partial charge on any atom is 0.320 e. The molecule has 1 saturated carbocycles. The Morgan fingerprint density at radius 3 is 2.59 bits per heavy atom. The van der Waals surface area contributed by atoms with E-state index in [1.165, 1.54) is 6.07 Å². The number of likely N-dealkylation sites (tertiary alicyclic amines) is 2. The van der Waals surface area contributed by atoms with E-state index in [0.29, 0.717) is 24.3 Å². The van der Waals surface area contributed by atoms with Gasteiger partial charge in [-0.3, -0.25) is 9.69 Å². The first-order valence-corrected chi connectivity index (χ1v) is 14.1. The molecule has 1 aliphatic carbocycles. The second-order valence-corrected chi connectivity index (χ2v) is 11.6. The molecule has 0 radical (unpaired) electrons. The third-order valence-corrected chi connectivity index (χ3v) is 8.87. The fourth-order valence-electron chi connectivity index (χ4n) is 6.55. The Morgan fingerprint density at radius 2 is 1.89 bits per heavy atom. The van der Waals surface area contributed by atoms with Crippen molar-refractivity contribution < 1.29 is 19.0 Å². The van der Waals surface area contributed by atoms with Gasteiger partial charge in [0.2, 0.25) is 0 Å². The van der Waals surface area contributed by atoms with Gasteiger partial charge in [0.05, 0.1) is 0 Å². The number of aryl methyl sites for hydroxylation is 1. The van der Waals surface area contributed by atoms with Gasteiger partial charge in [0.15, 0.2) is 11.9 Å². The molecule has 0 bridgehead atoms. The van der Waals surface area contributed by atoms with Crippen LogP contribution in [-0.2, 0) is 11.2 Å². The van der Waals surface area contributed by atoms with Crippen molar-refractivity contribution in [2.24, 2.45) is 17.8 Å². The third-order valence-electron chi connectivity index (χ3n) is 8.87. The average Bonchev–Trinajstić information content (AvgIpc) is 3.62. The van der Waals surface area contributed by atoms with Crippen LogP contribution in [0.15, 0.2) is 48.7 Å². The predicted octanol–water partition coefficient (Wildman–Crippen LogP) is 4.46. The molecule has 1 aromatic heterocycles. The molecule has 3 atom stereocenters. The van der Waals surface area contributed by atoms with E-state index in [4.69, 9.17) is 0 Å². The standard InChI is InChI=1S/C30H40FN3O3/c31-26-7-4-6-24(18-26)28-21-33(29(30(35)36)17-23-10-11-23)20-25(28)19-32-15-12-22(13-16-32)5-3-9-27-8-1-2-14-34(27)37/h1-2,4,6-8,14,18,22-23,25,28-29H,3,5,9-13,15-17,19-21H2,(H,35,36). The SMILES string of the molecule is O=C(O)C(CC1CC1)N1CC(CN2CCC(CCCc3cccc[n+]3[O-])CC2)C(c2cccc(F)c2)C1. The van der Waals surface area contributed by atoms with Crippen LogP contribution >= 0.6 is 0 Å². The molecule has 3 aliphatic rings. The van der Waals surface area contributed by atoms with Crippen LogP contribution < -0.4 is 4.73 Å². The van der Waals surface area contributed by atoms with Gasteiger partial charge in [-0.2, -0.15) is 4.73 Å². The second kappa shape index (κ2) is 11.9. The van der Waals surface area contributed by atoms with Gasteiger partial charge in [-0.05, 0) is 80.6 Å². The Morgan fingerprint density at radius 1 is 1.08 bits per heavy atom. The first-order valence-electron chi connectivity index (χ1n) is 14.1. The largest absolute Gasteiger partial charge is 0.619 e. The lowest BCUT2D eigenvalue weighted by atomic mass is 9.87. The van der Waals surface area contributed by atoms with E-state index in [1.54, 1.807) is 24.4 Å². The Labute approximate surface area is 219 Å². The number of pyridine rings is 1. The molecule has 200 valence electrons. The van der Waals surface area contributed by atoms with Crippen LogP contribution in [0.3, 0.4) is 0 Å². The van der Waals surface area contributed by atoms with Gasteiger partial charge in [-0.25, -0.2) is 4.39 Å². The van der Waals surface area contributed by atoms with Crippen molar-refractivity contribution in [2.75, 3.05) is 32.7 Å². The molecule has 2 saturated heterocycles. The number of rotatable bonds is 11. The Kier molecular flexibility index (Phi) is 8.40. The van der Waals surface area contributed by atoms with Crippen LogP contribution in [0.2, 0.25) is 0 Å². The van der Waals surface area contributed by atoms with Gasteiger partial charge in [0.1, 0.15) is 11.9 Å². The molecule has 37 heavy (non-hydrogen) atoms. The predicted molar refractivity (Wildman–Crippen MR) is 140 cm³/mol. The molecule has 0 spiro atoms. The van der Waals surface area contributed by atoms with Crippen molar-refractivity contribution in [2.45, 2.75) is 63.3 Å². The van der Waals surface area contributed by atoms with Gasteiger partial charge in [-0.1, -0.05) is 31.0 Å². The Bertz CT molecular complexity index is 1050. The number of carboxylic acid groups (broad SMARTS) is 1. The monoisotopic (exact) mass is 509 g/mol. The van der Waals surface area contributed by atoms with Crippen LogP contribution in [-0.4, -0.2) is 59.6 Å². The smallest absolute Gasteiger partial charge is 0.320 e. The highest BCUT2D eigenvalue weighted by molar-refractivity contribution is 5.73. The lowest BCUT2D eigenvalue weighted by molar-refractivity contribution is -0.614. The number of aromatic nitrogens is 1. The van der Waals surface area contributed by atoms with Crippen LogP contribution in [0.1, 0.15) is 62.1 Å². The number of carboxylic acids is 1. The van der Waals surface area contributed by atoms with Crippen molar-refractivity contribution in [3.63, 3.8) is 0 Å². The van der Waals surface area contributed by atoms with Crippen LogP contribution in [0.5, 0.6) is 0 Å². The Balaban J connectivity index is 1.16. The molecule has 1 N–H and O–H groups in total. The summed E-state index contributed by atoms with van der Waals surface area (Å²) in [6.07, 6.45) is 9.92. The summed E-state index contributed by atoms with van der Waals surface area (Å²) in [6, 6.07) is 12.1. The first-order chi connectivity index (χ1) is 18.0. The number of benzene rings is 1. The maximum atomic E-state index is 14.1. The number of hydrogen-bond donors (Lipinski definition) is 1. The van der Waals surface area contributed by atoms with Crippen LogP contribution in [0.4, 0.5) is 4.39 Å². The summed E-state index contributed by atoms with van der Waals surface area (Å²) in [5.74, 6) is 0.747. The summed E-state index contributed by atoms with van der Waals surface area (Å²) in [4.78, 5) is 16.8. The van der Waals surface area contributed by atoms with E-state index >= 15 is 0 Å². The molecule has 2 aliphatic heterocycles. The van der Waals surface area contributed by atoms with Gasteiger partial charge in [0, 0.05) is 44.1 Å². The fraction of sp³-hybridized carbons (Fsp3) is 0.600. The van der Waals surface area contributed by atoms with Crippen molar-refractivity contribution in [1.82, 2.24) is 9.80 Å². The number of nitrogens with zero attached hydrogens (tertiary/aromatic N) is 3. The van der Waals surface area contributed by atoms with Gasteiger partial charge >= 0.3 is 5.97 Å². The normalized spacial score (nSPS) is 24.4. The summed E-state index contributed by atoms with van der Waals surface area (Å²) >= 11 is 0. The molecule has 0 amide bonds. The summed E-state index contributed by atoms with van der Waals surface area (Å²) < 4.78 is 15.1. The third kappa shape index (κ3) is 6.88. The van der Waals surface area contributed by atoms with Crippen LogP contribution in [0.25, 0.3) is 0 Å². The second-order valence-electron chi connectivity index (χ2n) is 11.6. The zero-order chi connectivity index (χ0) is 25.8. The van der Waals surface area contributed by atoms with E-state index < -0.39 is 12.0 Å². The lowest BCUT2D eigenvalue weighted by Crippen LogP contribution is -2.41. The number of aliphatic carboxylic acids is 1. The summed E-state index contributed by atoms with van der Waals surface area (Å²) in [7, 11) is 0. The molecule has 1 aromatic carbocycles. The molecule has 7 heteroatoms. The summed E-state index contributed by atoms with van der Waals surface area (Å²) in [5, 5.41) is 21.8. The topological polar surface area (TPSA) is 70.7 Å². The summed E-state index contributed by atoms with van der Waals surface area (Å²) in [5.41, 5.74) is 1.84. The Hall–Kier alpha value is -2.51. The van der Waals surface area contributed by atoms with Gasteiger partial charge in [-0.15, -0.1) is 0 Å². The zero-order valence-electron chi connectivity index (χ0n) is 21.7. The molecule has 5 rings (SSSR count). The van der Waals surface area contributed by atoms with Crippen LogP contribution in [0, 0.1) is 28.8 Å². The highest BCUT2D eigenvalue weighted by Crippen LogP contribution is 2.39. The zero-order valence-corrected chi connectivity index (χ0v) is 21.7. The molecule has 3 fully saturated rings. The van der Waals surface area contributed by atoms with Gasteiger partial charge < -0.3 is 15.2 Å². The van der Waals surface area contributed by atoms with E-state index in [2.05, 4.69) is 9.80 Å². The van der Waals surface area contributed by atoms with E-state index in [1.807, 2.05) is 18.2 Å². The first kappa shape index (κ1) is 26.1.